The molecule has 0 fully saturated rings. The van der Waals surface area contributed by atoms with Gasteiger partial charge in [0.2, 0.25) is 0 Å². The number of hydrogen-bond donors (Lipinski definition) is 1. The summed E-state index contributed by atoms with van der Waals surface area (Å²) in [5.74, 6) is 2.24. The molecule has 0 amide bonds. The summed E-state index contributed by atoms with van der Waals surface area (Å²) in [5, 5.41) is 0. The minimum atomic E-state index is -0.0185. The van der Waals surface area contributed by atoms with Gasteiger partial charge >= 0.3 is 0 Å². The van der Waals surface area contributed by atoms with E-state index in [-0.39, 0.29) is 6.04 Å². The maximum atomic E-state index is 5.91. The topological polar surface area (TPSA) is 57.4 Å². The molecule has 0 bridgehead atoms. The molecule has 100 valence electrons. The Balaban J connectivity index is 2.06. The zero-order chi connectivity index (χ0) is 13.7. The lowest BCUT2D eigenvalue weighted by molar-refractivity contribution is 0.412. The molecule has 4 nitrogen and oxygen atoms in total. The van der Waals surface area contributed by atoms with Gasteiger partial charge in [-0.2, -0.15) is 0 Å². The van der Waals surface area contributed by atoms with Gasteiger partial charge in [0.25, 0.3) is 0 Å². The number of aromatic nitrogens is 1. The van der Waals surface area contributed by atoms with Crippen LogP contribution < -0.4 is 15.2 Å². The highest BCUT2D eigenvalue weighted by Gasteiger charge is 2.05. The minimum Gasteiger partial charge on any atom is -0.497 e. The molecule has 0 saturated carbocycles. The largest absolute Gasteiger partial charge is 0.497 e. The molecule has 0 saturated heterocycles. The van der Waals surface area contributed by atoms with Crippen LogP contribution in [0.1, 0.15) is 25.1 Å². The maximum absolute atomic E-state index is 5.91. The first-order valence-corrected chi connectivity index (χ1v) is 6.26. The Morgan fingerprint density at radius 3 is 2.21 bits per heavy atom. The van der Waals surface area contributed by atoms with Crippen LogP contribution in [0.5, 0.6) is 17.2 Å². The van der Waals surface area contributed by atoms with Crippen molar-refractivity contribution in [2.45, 2.75) is 19.4 Å². The SMILES string of the molecule is CC[C@@H](N)c1ccc(Oc2ccc(OC)cc2)cn1. The van der Waals surface area contributed by atoms with Gasteiger partial charge in [-0.25, -0.2) is 0 Å². The fourth-order valence-corrected chi connectivity index (χ4v) is 1.66. The molecule has 2 N–H and O–H groups in total. The van der Waals surface area contributed by atoms with Crippen molar-refractivity contribution in [3.05, 3.63) is 48.3 Å². The Hall–Kier alpha value is -2.07. The van der Waals surface area contributed by atoms with Crippen molar-refractivity contribution in [1.29, 1.82) is 0 Å². The number of hydrogen-bond acceptors (Lipinski definition) is 4. The van der Waals surface area contributed by atoms with E-state index >= 15 is 0 Å². The van der Waals surface area contributed by atoms with Gasteiger partial charge in [0.15, 0.2) is 0 Å². The van der Waals surface area contributed by atoms with Crippen molar-refractivity contribution < 1.29 is 9.47 Å². The molecule has 0 spiro atoms. The molecule has 0 radical (unpaired) electrons. The highest BCUT2D eigenvalue weighted by molar-refractivity contribution is 5.34. The summed E-state index contributed by atoms with van der Waals surface area (Å²) in [6, 6.07) is 11.2. The van der Waals surface area contributed by atoms with Crippen LogP contribution >= 0.6 is 0 Å². The van der Waals surface area contributed by atoms with Gasteiger partial charge in [0.05, 0.1) is 19.0 Å². The molecule has 1 heterocycles. The van der Waals surface area contributed by atoms with Gasteiger partial charge in [-0.15, -0.1) is 0 Å². The summed E-state index contributed by atoms with van der Waals surface area (Å²) in [6.45, 7) is 2.04. The Bertz CT molecular complexity index is 509. The predicted molar refractivity (Wildman–Crippen MR) is 74.5 cm³/mol. The zero-order valence-corrected chi connectivity index (χ0v) is 11.2. The van der Waals surface area contributed by atoms with Gasteiger partial charge < -0.3 is 15.2 Å². The number of nitrogens with zero attached hydrogens (tertiary/aromatic N) is 1. The van der Waals surface area contributed by atoms with E-state index in [9.17, 15) is 0 Å². The monoisotopic (exact) mass is 258 g/mol. The van der Waals surface area contributed by atoms with E-state index < -0.39 is 0 Å². The van der Waals surface area contributed by atoms with Crippen molar-refractivity contribution in [2.75, 3.05) is 7.11 Å². The van der Waals surface area contributed by atoms with Crippen LogP contribution in [0, 0.1) is 0 Å². The first-order chi connectivity index (χ1) is 9.22. The molecule has 0 unspecified atom stereocenters. The molecule has 2 aromatic rings. The number of methoxy groups -OCH3 is 1. The average molecular weight is 258 g/mol. The smallest absolute Gasteiger partial charge is 0.145 e. The normalized spacial score (nSPS) is 11.9. The highest BCUT2D eigenvalue weighted by Crippen LogP contribution is 2.24. The van der Waals surface area contributed by atoms with Crippen molar-refractivity contribution in [3.8, 4) is 17.2 Å². The van der Waals surface area contributed by atoms with E-state index in [0.29, 0.717) is 5.75 Å². The second kappa shape index (κ2) is 6.20. The first-order valence-electron chi connectivity index (χ1n) is 6.26. The molecule has 1 atom stereocenters. The molecule has 1 aromatic heterocycles. The molecule has 0 aliphatic carbocycles. The highest BCUT2D eigenvalue weighted by atomic mass is 16.5. The average Bonchev–Trinajstić information content (AvgIpc) is 2.48. The summed E-state index contributed by atoms with van der Waals surface area (Å²) in [5.41, 5.74) is 6.79. The first kappa shape index (κ1) is 13.4. The van der Waals surface area contributed by atoms with Crippen LogP contribution in [0.15, 0.2) is 42.6 Å². The summed E-state index contributed by atoms with van der Waals surface area (Å²) >= 11 is 0. The fraction of sp³-hybridized carbons (Fsp3) is 0.267. The number of benzene rings is 1. The Morgan fingerprint density at radius 2 is 1.68 bits per heavy atom. The minimum absolute atomic E-state index is 0.0185. The number of ether oxygens (including phenoxy) is 2. The molecular formula is C15H18N2O2. The maximum Gasteiger partial charge on any atom is 0.145 e. The Morgan fingerprint density at radius 1 is 1.05 bits per heavy atom. The van der Waals surface area contributed by atoms with Crippen LogP contribution in [0.3, 0.4) is 0 Å². The molecule has 4 heteroatoms. The molecule has 0 aliphatic heterocycles. The van der Waals surface area contributed by atoms with Gasteiger partial charge in [0.1, 0.15) is 17.2 Å². The molecule has 2 rings (SSSR count). The van der Waals surface area contributed by atoms with Crippen molar-refractivity contribution in [1.82, 2.24) is 4.98 Å². The quantitative estimate of drug-likeness (QED) is 0.894. The van der Waals surface area contributed by atoms with Gasteiger partial charge in [-0.1, -0.05) is 6.92 Å². The third kappa shape index (κ3) is 3.45. The second-order valence-corrected chi connectivity index (χ2v) is 4.21. The van der Waals surface area contributed by atoms with E-state index in [1.165, 1.54) is 0 Å². The predicted octanol–water partition coefficient (Wildman–Crippen LogP) is 3.29. The summed E-state index contributed by atoms with van der Waals surface area (Å²) < 4.78 is 10.8. The lowest BCUT2D eigenvalue weighted by Gasteiger charge is -2.10. The summed E-state index contributed by atoms with van der Waals surface area (Å²) in [4.78, 5) is 4.30. The van der Waals surface area contributed by atoms with Crippen molar-refractivity contribution in [3.63, 3.8) is 0 Å². The standard InChI is InChI=1S/C15H18N2O2/c1-3-14(16)15-9-8-13(10-17-15)19-12-6-4-11(18-2)5-7-12/h4-10,14H,3,16H2,1-2H3/t14-/m1/s1. The third-order valence-corrected chi connectivity index (χ3v) is 2.87. The van der Waals surface area contributed by atoms with Crippen LogP contribution in [0.2, 0.25) is 0 Å². The molecule has 0 aliphatic rings. The molecule has 19 heavy (non-hydrogen) atoms. The third-order valence-electron chi connectivity index (χ3n) is 2.87. The lowest BCUT2D eigenvalue weighted by Crippen LogP contribution is -2.10. The van der Waals surface area contributed by atoms with Crippen LogP contribution in [-0.2, 0) is 0 Å². The van der Waals surface area contributed by atoms with E-state index in [1.807, 2.05) is 43.3 Å². The summed E-state index contributed by atoms with van der Waals surface area (Å²) in [6.07, 6.45) is 2.56. The van der Waals surface area contributed by atoms with E-state index in [0.717, 1.165) is 23.6 Å². The number of pyridine rings is 1. The Labute approximate surface area is 113 Å². The summed E-state index contributed by atoms with van der Waals surface area (Å²) in [7, 11) is 1.63. The van der Waals surface area contributed by atoms with Crippen LogP contribution in [0.4, 0.5) is 0 Å². The van der Waals surface area contributed by atoms with Crippen LogP contribution in [-0.4, -0.2) is 12.1 Å². The van der Waals surface area contributed by atoms with E-state index in [1.54, 1.807) is 13.3 Å². The van der Waals surface area contributed by atoms with Crippen LogP contribution in [0.25, 0.3) is 0 Å². The van der Waals surface area contributed by atoms with Gasteiger partial charge in [0, 0.05) is 6.04 Å². The van der Waals surface area contributed by atoms with Gasteiger partial charge in [-0.3, -0.25) is 4.98 Å². The van der Waals surface area contributed by atoms with Gasteiger partial charge in [-0.05, 0) is 42.8 Å². The van der Waals surface area contributed by atoms with Crippen molar-refractivity contribution >= 4 is 0 Å². The lowest BCUT2D eigenvalue weighted by atomic mass is 10.1. The van der Waals surface area contributed by atoms with E-state index in [2.05, 4.69) is 4.98 Å². The molecule has 1 aromatic carbocycles. The Kier molecular flexibility index (Phi) is 4.36. The number of nitrogens with two attached hydrogens (primary N) is 1. The number of rotatable bonds is 5. The van der Waals surface area contributed by atoms with Crippen molar-refractivity contribution in [2.24, 2.45) is 5.73 Å². The second-order valence-electron chi connectivity index (χ2n) is 4.21. The molecular weight excluding hydrogens is 240 g/mol. The fourth-order valence-electron chi connectivity index (χ4n) is 1.66. The zero-order valence-electron chi connectivity index (χ0n) is 11.2. The van der Waals surface area contributed by atoms with E-state index in [4.69, 9.17) is 15.2 Å².